The molecule has 3 rings (SSSR count). The van der Waals surface area contributed by atoms with Gasteiger partial charge in [0.2, 0.25) is 0 Å². The molecule has 1 aliphatic heterocycles. The molecule has 6 nitrogen and oxygen atoms in total. The number of aryl methyl sites for hydroxylation is 2. The predicted molar refractivity (Wildman–Crippen MR) is 93.7 cm³/mol. The van der Waals surface area contributed by atoms with Gasteiger partial charge in [0.25, 0.3) is 5.91 Å². The zero-order valence-electron chi connectivity index (χ0n) is 14.0. The summed E-state index contributed by atoms with van der Waals surface area (Å²) in [6.07, 6.45) is 1.78. The predicted octanol–water partition coefficient (Wildman–Crippen LogP) is 3.92. The topological polar surface area (TPSA) is 71.6 Å². The maximum Gasteiger partial charge on any atom is 0.441 e. The number of para-hydroxylation sites is 1. The van der Waals surface area contributed by atoms with E-state index in [-0.39, 0.29) is 0 Å². The van der Waals surface area contributed by atoms with Gasteiger partial charge >= 0.3 is 7.75 Å². The summed E-state index contributed by atoms with van der Waals surface area (Å²) in [5.41, 5.74) is 4.55. The third-order valence-electron chi connectivity index (χ3n) is 4.03. The third kappa shape index (κ3) is 2.53. The summed E-state index contributed by atoms with van der Waals surface area (Å²) >= 11 is 0. The van der Waals surface area contributed by atoms with E-state index in [0.29, 0.717) is 16.8 Å². The van der Waals surface area contributed by atoms with Gasteiger partial charge in [0, 0.05) is 31.2 Å². The number of aromatic nitrogens is 1. The number of aromatic amines is 1. The van der Waals surface area contributed by atoms with E-state index in [1.165, 1.54) is 14.2 Å². The molecule has 0 unspecified atom stereocenters. The van der Waals surface area contributed by atoms with Crippen LogP contribution in [-0.4, -0.2) is 25.1 Å². The standard InChI is InChI=1S/C17H19N2O4P/c1-11-9-12(2)18-15(11)10-14-13-7-5-6-8-16(13)19(17(14)20)24(21,22-3)23-4/h5-10,18H,1-4H3/b14-10-. The average Bonchev–Trinajstić information content (AvgIpc) is 3.04. The number of fused-ring (bicyclic) bond motifs is 1. The van der Waals surface area contributed by atoms with Crippen LogP contribution in [0.3, 0.4) is 0 Å². The molecule has 1 aromatic carbocycles. The summed E-state index contributed by atoms with van der Waals surface area (Å²) in [6.45, 7) is 3.92. The Kier molecular flexibility index (Phi) is 4.22. The Labute approximate surface area is 140 Å². The molecule has 1 N–H and O–H groups in total. The van der Waals surface area contributed by atoms with Crippen LogP contribution in [0.4, 0.5) is 5.69 Å². The van der Waals surface area contributed by atoms with Gasteiger partial charge in [-0.25, -0.2) is 9.24 Å². The van der Waals surface area contributed by atoms with Gasteiger partial charge < -0.3 is 4.98 Å². The quantitative estimate of drug-likeness (QED) is 0.673. The van der Waals surface area contributed by atoms with Crippen molar-refractivity contribution in [1.29, 1.82) is 0 Å². The lowest BCUT2D eigenvalue weighted by Crippen LogP contribution is -2.24. The van der Waals surface area contributed by atoms with Crippen LogP contribution in [0.5, 0.6) is 0 Å². The Balaban J connectivity index is 2.19. The Morgan fingerprint density at radius 2 is 1.83 bits per heavy atom. The Morgan fingerprint density at radius 3 is 2.42 bits per heavy atom. The van der Waals surface area contributed by atoms with Crippen molar-refractivity contribution >= 4 is 31.0 Å². The second-order valence-electron chi connectivity index (χ2n) is 5.57. The molecule has 0 saturated carbocycles. The number of hydrogen-bond acceptors (Lipinski definition) is 4. The van der Waals surface area contributed by atoms with Crippen LogP contribution < -0.4 is 4.67 Å². The van der Waals surface area contributed by atoms with Gasteiger partial charge in [-0.1, -0.05) is 18.2 Å². The monoisotopic (exact) mass is 346 g/mol. The molecule has 0 fully saturated rings. The van der Waals surface area contributed by atoms with Crippen LogP contribution in [0, 0.1) is 13.8 Å². The van der Waals surface area contributed by atoms with Crippen LogP contribution >= 0.6 is 7.75 Å². The molecule has 1 aromatic heterocycles. The van der Waals surface area contributed by atoms with E-state index in [9.17, 15) is 9.36 Å². The smallest absolute Gasteiger partial charge is 0.359 e. The molecule has 0 aliphatic carbocycles. The van der Waals surface area contributed by atoms with E-state index in [2.05, 4.69) is 4.98 Å². The van der Waals surface area contributed by atoms with E-state index >= 15 is 0 Å². The summed E-state index contributed by atoms with van der Waals surface area (Å²) in [7, 11) is -1.20. The number of anilines is 1. The minimum absolute atomic E-state index is 0.408. The third-order valence-corrected chi connectivity index (χ3v) is 5.84. The lowest BCUT2D eigenvalue weighted by molar-refractivity contribution is -0.112. The highest BCUT2D eigenvalue weighted by Gasteiger charge is 2.45. The average molecular weight is 346 g/mol. The Morgan fingerprint density at radius 1 is 1.17 bits per heavy atom. The van der Waals surface area contributed by atoms with E-state index < -0.39 is 13.7 Å². The molecular formula is C17H19N2O4P. The molecule has 0 atom stereocenters. The van der Waals surface area contributed by atoms with Crippen LogP contribution in [0.1, 0.15) is 22.5 Å². The SMILES string of the molecule is COP(=O)(OC)N1C(=O)/C(=C\c2[nH]c(C)cc2C)c2ccccc21. The highest BCUT2D eigenvalue weighted by molar-refractivity contribution is 7.57. The van der Waals surface area contributed by atoms with Crippen LogP contribution in [0.15, 0.2) is 30.3 Å². The summed E-state index contributed by atoms with van der Waals surface area (Å²) in [4.78, 5) is 16.2. The number of rotatable bonds is 4. The summed E-state index contributed by atoms with van der Waals surface area (Å²) < 4.78 is 24.0. The number of carbonyl (C=O) groups is 1. The highest BCUT2D eigenvalue weighted by atomic mass is 31.2. The van der Waals surface area contributed by atoms with Gasteiger partial charge in [0.15, 0.2) is 0 Å². The maximum absolute atomic E-state index is 13.0. The maximum atomic E-state index is 13.0. The van der Waals surface area contributed by atoms with Gasteiger partial charge in [-0.15, -0.1) is 0 Å². The van der Waals surface area contributed by atoms with Crippen molar-refractivity contribution in [2.75, 3.05) is 18.9 Å². The van der Waals surface area contributed by atoms with E-state index in [4.69, 9.17) is 9.05 Å². The molecule has 1 aliphatic rings. The number of hydrogen-bond donors (Lipinski definition) is 1. The first kappa shape index (κ1) is 16.7. The van der Waals surface area contributed by atoms with E-state index in [0.717, 1.165) is 21.6 Å². The molecule has 0 spiro atoms. The van der Waals surface area contributed by atoms with Gasteiger partial charge in [0.1, 0.15) is 0 Å². The fraction of sp³-hybridized carbons (Fsp3) is 0.235. The Hall–Kier alpha value is -2.14. The second kappa shape index (κ2) is 6.06. The number of nitrogens with zero attached hydrogens (tertiary/aromatic N) is 1. The van der Waals surface area contributed by atoms with Crippen molar-refractivity contribution in [2.24, 2.45) is 0 Å². The number of H-pyrrole nitrogens is 1. The van der Waals surface area contributed by atoms with Crippen molar-refractivity contribution in [3.63, 3.8) is 0 Å². The lowest BCUT2D eigenvalue weighted by atomic mass is 10.1. The van der Waals surface area contributed by atoms with Crippen molar-refractivity contribution in [3.05, 3.63) is 52.8 Å². The van der Waals surface area contributed by atoms with Crippen molar-refractivity contribution < 1.29 is 18.4 Å². The van der Waals surface area contributed by atoms with E-state index in [1.807, 2.05) is 32.0 Å². The van der Waals surface area contributed by atoms with Crippen molar-refractivity contribution in [1.82, 2.24) is 4.98 Å². The molecule has 7 heteroatoms. The first-order valence-corrected chi connectivity index (χ1v) is 8.94. The van der Waals surface area contributed by atoms with Gasteiger partial charge in [-0.3, -0.25) is 13.8 Å². The zero-order chi connectivity index (χ0) is 17.5. The molecule has 24 heavy (non-hydrogen) atoms. The lowest BCUT2D eigenvalue weighted by Gasteiger charge is -2.24. The van der Waals surface area contributed by atoms with Crippen molar-refractivity contribution in [2.45, 2.75) is 13.8 Å². The zero-order valence-corrected chi connectivity index (χ0v) is 14.9. The Bertz CT molecular complexity index is 876. The fourth-order valence-electron chi connectivity index (χ4n) is 2.89. The minimum Gasteiger partial charge on any atom is -0.359 e. The second-order valence-corrected chi connectivity index (χ2v) is 7.64. The molecule has 2 heterocycles. The first-order valence-electron chi connectivity index (χ1n) is 7.45. The largest absolute Gasteiger partial charge is 0.441 e. The van der Waals surface area contributed by atoms with Crippen LogP contribution in [-0.2, 0) is 18.4 Å². The van der Waals surface area contributed by atoms with Gasteiger partial charge in [0.05, 0.1) is 11.3 Å². The van der Waals surface area contributed by atoms with Gasteiger partial charge in [-0.2, -0.15) is 0 Å². The molecule has 0 bridgehead atoms. The molecular weight excluding hydrogens is 327 g/mol. The minimum atomic E-state index is -3.73. The van der Waals surface area contributed by atoms with Crippen LogP contribution in [0.2, 0.25) is 0 Å². The molecule has 126 valence electrons. The first-order chi connectivity index (χ1) is 11.4. The molecule has 2 aromatic rings. The summed E-state index contributed by atoms with van der Waals surface area (Å²) in [5, 5.41) is 0. The summed E-state index contributed by atoms with van der Waals surface area (Å²) in [5.74, 6) is -0.408. The van der Waals surface area contributed by atoms with Crippen LogP contribution in [0.25, 0.3) is 11.6 Å². The normalized spacial score (nSPS) is 16.1. The summed E-state index contributed by atoms with van der Waals surface area (Å²) in [6, 6.07) is 9.17. The highest BCUT2D eigenvalue weighted by Crippen LogP contribution is 2.58. The number of nitrogens with one attached hydrogen (secondary N) is 1. The number of carbonyl (C=O) groups excluding carboxylic acids is 1. The number of benzene rings is 1. The molecule has 0 radical (unpaired) electrons. The van der Waals surface area contributed by atoms with E-state index in [1.54, 1.807) is 18.2 Å². The number of amides is 1. The fourth-order valence-corrected chi connectivity index (χ4v) is 4.13. The van der Waals surface area contributed by atoms with Crippen molar-refractivity contribution in [3.8, 4) is 0 Å². The molecule has 1 amide bonds. The molecule has 0 saturated heterocycles. The van der Waals surface area contributed by atoms with Gasteiger partial charge in [-0.05, 0) is 37.6 Å².